The Bertz CT molecular complexity index is 857. The van der Waals surface area contributed by atoms with E-state index in [1.165, 1.54) is 0 Å². The van der Waals surface area contributed by atoms with Crippen LogP contribution < -0.4 is 0 Å². The largest absolute Gasteiger partial charge is 0.485 e. The number of aromatic amines is 2. The number of carbonyl (C=O) groups excluding carboxylic acids is 1. The highest BCUT2D eigenvalue weighted by atomic mass is 31.2. The van der Waals surface area contributed by atoms with Crippen LogP contribution in [0.1, 0.15) is 11.1 Å². The van der Waals surface area contributed by atoms with Gasteiger partial charge in [0.25, 0.3) is 0 Å². The number of ether oxygens (including phenoxy) is 3. The van der Waals surface area contributed by atoms with E-state index in [4.69, 9.17) is 24.0 Å². The van der Waals surface area contributed by atoms with Gasteiger partial charge in [0.15, 0.2) is 11.9 Å². The summed E-state index contributed by atoms with van der Waals surface area (Å²) in [6, 6.07) is 3.48. The molecule has 3 rings (SSSR count). The number of cyclic esters (lactones) is 1. The Labute approximate surface area is 159 Å². The first-order valence-electron chi connectivity index (χ1n) is 8.16. The van der Waals surface area contributed by atoms with E-state index in [-0.39, 0.29) is 24.7 Å². The summed E-state index contributed by atoms with van der Waals surface area (Å²) in [6.45, 7) is -0.775. The molecule has 0 spiro atoms. The first-order valence-corrected chi connectivity index (χ1v) is 9.69. The average molecular weight is 414 g/mol. The summed E-state index contributed by atoms with van der Waals surface area (Å²) in [4.78, 5) is 36.1. The van der Waals surface area contributed by atoms with Crippen LogP contribution in [0.15, 0.2) is 48.4 Å². The molecule has 0 saturated heterocycles. The SMILES string of the molecule is O=C1O[C@H]([C@H](CO)OP(=O)(O)O)C(OCc2cc[nH]c2)=C1OCc1cc[nH]c1. The van der Waals surface area contributed by atoms with Gasteiger partial charge >= 0.3 is 13.8 Å². The highest BCUT2D eigenvalue weighted by Crippen LogP contribution is 2.41. The molecule has 2 atom stereocenters. The van der Waals surface area contributed by atoms with E-state index in [1.807, 2.05) is 0 Å². The molecular formula is C16H19N2O9P. The van der Waals surface area contributed by atoms with E-state index in [2.05, 4.69) is 14.5 Å². The van der Waals surface area contributed by atoms with Crippen molar-refractivity contribution in [2.75, 3.05) is 6.61 Å². The molecule has 0 aliphatic carbocycles. The highest BCUT2D eigenvalue weighted by molar-refractivity contribution is 7.46. The highest BCUT2D eigenvalue weighted by Gasteiger charge is 2.45. The Morgan fingerprint density at radius 1 is 1.11 bits per heavy atom. The number of carbonyl (C=O) groups is 1. The lowest BCUT2D eigenvalue weighted by atomic mass is 10.2. The maximum Gasteiger partial charge on any atom is 0.470 e. The zero-order chi connectivity index (χ0) is 20.1. The Kier molecular flexibility index (Phi) is 6.22. The van der Waals surface area contributed by atoms with Crippen LogP contribution in [0, 0.1) is 0 Å². The first-order chi connectivity index (χ1) is 13.4. The van der Waals surface area contributed by atoms with Crippen molar-refractivity contribution in [1.29, 1.82) is 0 Å². The number of aliphatic hydroxyl groups excluding tert-OH is 1. The van der Waals surface area contributed by atoms with Gasteiger partial charge in [-0.15, -0.1) is 0 Å². The van der Waals surface area contributed by atoms with Crippen molar-refractivity contribution in [2.24, 2.45) is 0 Å². The smallest absolute Gasteiger partial charge is 0.470 e. The molecule has 0 unspecified atom stereocenters. The molecule has 152 valence electrons. The number of nitrogens with one attached hydrogen (secondary N) is 2. The van der Waals surface area contributed by atoms with E-state index in [1.54, 1.807) is 36.9 Å². The summed E-state index contributed by atoms with van der Waals surface area (Å²) in [7, 11) is -4.96. The normalized spacial score (nSPS) is 18.2. The van der Waals surface area contributed by atoms with Gasteiger partial charge in [0, 0.05) is 35.9 Å². The van der Waals surface area contributed by atoms with Gasteiger partial charge in [-0.25, -0.2) is 9.36 Å². The van der Waals surface area contributed by atoms with Crippen LogP contribution in [-0.4, -0.2) is 49.6 Å². The third-order valence-corrected chi connectivity index (χ3v) is 4.34. The van der Waals surface area contributed by atoms with E-state index in [9.17, 15) is 14.5 Å². The minimum Gasteiger partial charge on any atom is -0.485 e. The van der Waals surface area contributed by atoms with Crippen molar-refractivity contribution in [3.63, 3.8) is 0 Å². The van der Waals surface area contributed by atoms with Crippen molar-refractivity contribution in [3.8, 4) is 0 Å². The molecule has 0 fully saturated rings. The van der Waals surface area contributed by atoms with Crippen molar-refractivity contribution >= 4 is 13.8 Å². The molecule has 1 aliphatic heterocycles. The minimum absolute atomic E-state index is 0.0248. The van der Waals surface area contributed by atoms with Gasteiger partial charge in [0.05, 0.1) is 6.61 Å². The quantitative estimate of drug-likeness (QED) is 0.278. The van der Waals surface area contributed by atoms with Crippen LogP contribution in [-0.2, 0) is 41.3 Å². The lowest BCUT2D eigenvalue weighted by Gasteiger charge is -2.23. The molecule has 28 heavy (non-hydrogen) atoms. The summed E-state index contributed by atoms with van der Waals surface area (Å²) in [5.74, 6) is -1.26. The summed E-state index contributed by atoms with van der Waals surface area (Å²) in [5, 5.41) is 9.48. The fraction of sp³-hybridized carbons (Fsp3) is 0.312. The standard InChI is InChI=1S/C16H19N2O9P/c19-7-12(27-28(21,22)23)13-14(24-8-10-1-3-17-5-10)15(16(20)26-13)25-9-11-2-4-18-6-11/h1-6,12-13,17-19H,7-9H2,(H2,21,22,23)/t12-,13+/m0/s1. The topological polar surface area (TPSA) is 163 Å². The number of esters is 1. The van der Waals surface area contributed by atoms with Crippen LogP contribution in [0.3, 0.4) is 0 Å². The summed E-state index contributed by atoms with van der Waals surface area (Å²) in [6.07, 6.45) is 3.78. The lowest BCUT2D eigenvalue weighted by Crippen LogP contribution is -2.34. The molecular weight excluding hydrogens is 395 g/mol. The van der Waals surface area contributed by atoms with E-state index < -0.39 is 32.6 Å². The minimum atomic E-state index is -4.96. The van der Waals surface area contributed by atoms with Crippen LogP contribution in [0.2, 0.25) is 0 Å². The summed E-state index contributed by atoms with van der Waals surface area (Å²) in [5.41, 5.74) is 1.49. The second kappa shape index (κ2) is 8.63. The average Bonchev–Trinajstić information content (AvgIpc) is 3.37. The molecule has 3 heterocycles. The molecule has 0 radical (unpaired) electrons. The van der Waals surface area contributed by atoms with E-state index >= 15 is 0 Å². The molecule has 2 aromatic heterocycles. The summed E-state index contributed by atoms with van der Waals surface area (Å²) >= 11 is 0. The van der Waals surface area contributed by atoms with Gasteiger partial charge in [-0.05, 0) is 12.1 Å². The number of phosphoric acid groups is 1. The number of H-pyrrole nitrogens is 2. The number of phosphoric ester groups is 1. The number of aromatic nitrogens is 2. The molecule has 12 heteroatoms. The summed E-state index contributed by atoms with van der Waals surface area (Å²) < 4.78 is 32.0. The molecule has 0 bridgehead atoms. The van der Waals surface area contributed by atoms with E-state index in [0.29, 0.717) is 0 Å². The Hall–Kier alpha value is -2.56. The number of aliphatic hydroxyl groups is 1. The molecule has 1 aliphatic rings. The van der Waals surface area contributed by atoms with Crippen molar-refractivity contribution in [3.05, 3.63) is 59.6 Å². The zero-order valence-electron chi connectivity index (χ0n) is 14.5. The van der Waals surface area contributed by atoms with Gasteiger partial charge < -0.3 is 39.1 Å². The molecule has 0 saturated carbocycles. The predicted octanol–water partition coefficient (Wildman–Crippen LogP) is 0.683. The van der Waals surface area contributed by atoms with Crippen LogP contribution >= 0.6 is 7.82 Å². The predicted molar refractivity (Wildman–Crippen MR) is 92.1 cm³/mol. The zero-order valence-corrected chi connectivity index (χ0v) is 15.4. The van der Waals surface area contributed by atoms with E-state index in [0.717, 1.165) is 11.1 Å². The second-order valence-corrected chi connectivity index (χ2v) is 7.04. The van der Waals surface area contributed by atoms with Crippen molar-refractivity contribution < 1.29 is 43.0 Å². The van der Waals surface area contributed by atoms with Gasteiger partial charge in [-0.3, -0.25) is 4.52 Å². The number of hydrogen-bond acceptors (Lipinski definition) is 7. The van der Waals surface area contributed by atoms with Crippen LogP contribution in [0.4, 0.5) is 0 Å². The fourth-order valence-corrected chi connectivity index (χ4v) is 3.08. The molecule has 0 amide bonds. The third-order valence-electron chi connectivity index (χ3n) is 3.79. The number of rotatable bonds is 10. The van der Waals surface area contributed by atoms with Gasteiger partial charge in [-0.1, -0.05) is 0 Å². The third kappa shape index (κ3) is 5.03. The fourth-order valence-electron chi connectivity index (χ4n) is 2.55. The molecule has 11 nitrogen and oxygen atoms in total. The monoisotopic (exact) mass is 414 g/mol. The maximum atomic E-state index is 12.3. The lowest BCUT2D eigenvalue weighted by molar-refractivity contribution is -0.148. The van der Waals surface area contributed by atoms with Crippen LogP contribution in [0.5, 0.6) is 0 Å². The second-order valence-electron chi connectivity index (χ2n) is 5.85. The Morgan fingerprint density at radius 2 is 1.71 bits per heavy atom. The molecule has 2 aromatic rings. The van der Waals surface area contributed by atoms with Crippen LogP contribution in [0.25, 0.3) is 0 Å². The van der Waals surface area contributed by atoms with Crippen molar-refractivity contribution in [2.45, 2.75) is 25.4 Å². The first kappa shape index (κ1) is 20.2. The Morgan fingerprint density at radius 3 is 2.21 bits per heavy atom. The van der Waals surface area contributed by atoms with Gasteiger partial charge in [-0.2, -0.15) is 0 Å². The van der Waals surface area contributed by atoms with Gasteiger partial charge in [0.1, 0.15) is 19.3 Å². The van der Waals surface area contributed by atoms with Crippen molar-refractivity contribution in [1.82, 2.24) is 9.97 Å². The molecule has 0 aromatic carbocycles. The molecule has 5 N–H and O–H groups in total. The maximum absolute atomic E-state index is 12.3. The van der Waals surface area contributed by atoms with Gasteiger partial charge in [0.2, 0.25) is 5.76 Å². The number of hydrogen-bond donors (Lipinski definition) is 5. The Balaban J connectivity index is 1.84.